The molecular formula is C13H18BrNO2. The topological polar surface area (TPSA) is 38.3 Å². The van der Waals surface area contributed by atoms with Crippen LogP contribution in [0.15, 0.2) is 22.7 Å². The summed E-state index contributed by atoms with van der Waals surface area (Å²) in [6.07, 6.45) is 0. The molecule has 1 N–H and O–H groups in total. The van der Waals surface area contributed by atoms with E-state index in [4.69, 9.17) is 4.74 Å². The fourth-order valence-electron chi connectivity index (χ4n) is 1.53. The van der Waals surface area contributed by atoms with Crippen LogP contribution in [0, 0.1) is 12.8 Å². The molecule has 1 aromatic carbocycles. The highest BCUT2D eigenvalue weighted by atomic mass is 79.9. The van der Waals surface area contributed by atoms with Crippen LogP contribution in [-0.2, 0) is 16.1 Å². The zero-order chi connectivity index (χ0) is 12.8. The van der Waals surface area contributed by atoms with E-state index in [1.165, 1.54) is 5.56 Å². The summed E-state index contributed by atoms with van der Waals surface area (Å²) in [7, 11) is 1.60. The van der Waals surface area contributed by atoms with Gasteiger partial charge in [0.1, 0.15) is 0 Å². The molecule has 0 aliphatic rings. The van der Waals surface area contributed by atoms with Crippen LogP contribution < -0.4 is 5.32 Å². The van der Waals surface area contributed by atoms with Crippen LogP contribution in [0.1, 0.15) is 18.1 Å². The van der Waals surface area contributed by atoms with Gasteiger partial charge in [-0.3, -0.25) is 4.79 Å². The van der Waals surface area contributed by atoms with Gasteiger partial charge in [0.15, 0.2) is 0 Å². The van der Waals surface area contributed by atoms with Crippen molar-refractivity contribution >= 4 is 21.8 Å². The summed E-state index contributed by atoms with van der Waals surface area (Å²) in [5.74, 6) is -0.108. The Morgan fingerprint density at radius 2 is 2.24 bits per heavy atom. The lowest BCUT2D eigenvalue weighted by molar-refractivity contribution is -0.126. The van der Waals surface area contributed by atoms with Crippen molar-refractivity contribution in [2.75, 3.05) is 13.7 Å². The van der Waals surface area contributed by atoms with Crippen molar-refractivity contribution in [3.8, 4) is 0 Å². The first-order valence-corrected chi connectivity index (χ1v) is 6.36. The summed E-state index contributed by atoms with van der Waals surface area (Å²) < 4.78 is 6.00. The summed E-state index contributed by atoms with van der Waals surface area (Å²) in [5, 5.41) is 2.90. The maximum atomic E-state index is 11.7. The molecule has 0 saturated heterocycles. The second-order valence-electron chi connectivity index (χ2n) is 4.12. The molecule has 1 atom stereocenters. The Morgan fingerprint density at radius 3 is 2.88 bits per heavy atom. The standard InChI is InChI=1S/C13H18BrNO2/c1-9-5-4-6-11(12(9)14)7-15-13(16)10(2)8-17-3/h4-6,10H,7-8H2,1-3H3,(H,15,16)/t10-/m0/s1. The Labute approximate surface area is 111 Å². The lowest BCUT2D eigenvalue weighted by Crippen LogP contribution is -2.31. The molecule has 0 aliphatic heterocycles. The van der Waals surface area contributed by atoms with Crippen molar-refractivity contribution in [2.24, 2.45) is 5.92 Å². The monoisotopic (exact) mass is 299 g/mol. The van der Waals surface area contributed by atoms with E-state index in [-0.39, 0.29) is 11.8 Å². The van der Waals surface area contributed by atoms with E-state index in [0.29, 0.717) is 13.2 Å². The van der Waals surface area contributed by atoms with E-state index < -0.39 is 0 Å². The minimum atomic E-state index is -0.122. The number of hydrogen-bond donors (Lipinski definition) is 1. The summed E-state index contributed by atoms with van der Waals surface area (Å²) in [6, 6.07) is 6.02. The number of ether oxygens (including phenoxy) is 1. The first-order valence-electron chi connectivity index (χ1n) is 5.57. The first kappa shape index (κ1) is 14.2. The van der Waals surface area contributed by atoms with Crippen LogP contribution >= 0.6 is 15.9 Å². The van der Waals surface area contributed by atoms with Gasteiger partial charge in [0.25, 0.3) is 0 Å². The van der Waals surface area contributed by atoms with Crippen LogP contribution in [0.5, 0.6) is 0 Å². The molecule has 1 aromatic rings. The molecule has 0 radical (unpaired) electrons. The van der Waals surface area contributed by atoms with Gasteiger partial charge >= 0.3 is 0 Å². The average molecular weight is 300 g/mol. The second kappa shape index (κ2) is 6.77. The molecule has 4 heteroatoms. The van der Waals surface area contributed by atoms with Crippen molar-refractivity contribution in [3.63, 3.8) is 0 Å². The van der Waals surface area contributed by atoms with Gasteiger partial charge < -0.3 is 10.1 Å². The smallest absolute Gasteiger partial charge is 0.225 e. The minimum absolute atomic E-state index is 0.0141. The Kier molecular flexibility index (Phi) is 5.65. The third kappa shape index (κ3) is 4.13. The van der Waals surface area contributed by atoms with Crippen LogP contribution in [-0.4, -0.2) is 19.6 Å². The van der Waals surface area contributed by atoms with Crippen LogP contribution in [0.2, 0.25) is 0 Å². The summed E-state index contributed by atoms with van der Waals surface area (Å²) in [5.41, 5.74) is 2.25. The van der Waals surface area contributed by atoms with Gasteiger partial charge in [-0.15, -0.1) is 0 Å². The number of methoxy groups -OCH3 is 1. The second-order valence-corrected chi connectivity index (χ2v) is 4.92. The Hall–Kier alpha value is -0.870. The van der Waals surface area contributed by atoms with Gasteiger partial charge in [-0.1, -0.05) is 41.1 Å². The number of nitrogens with one attached hydrogen (secondary N) is 1. The summed E-state index contributed by atoms with van der Waals surface area (Å²) in [6.45, 7) is 4.86. The highest BCUT2D eigenvalue weighted by Crippen LogP contribution is 2.20. The highest BCUT2D eigenvalue weighted by Gasteiger charge is 2.12. The maximum absolute atomic E-state index is 11.7. The highest BCUT2D eigenvalue weighted by molar-refractivity contribution is 9.10. The molecule has 0 unspecified atom stereocenters. The summed E-state index contributed by atoms with van der Waals surface area (Å²) in [4.78, 5) is 11.7. The number of halogens is 1. The molecule has 0 saturated carbocycles. The van der Waals surface area contributed by atoms with Gasteiger partial charge in [0.2, 0.25) is 5.91 Å². The normalized spacial score (nSPS) is 12.2. The third-order valence-corrected chi connectivity index (χ3v) is 3.72. The lowest BCUT2D eigenvalue weighted by Gasteiger charge is -2.12. The van der Waals surface area contributed by atoms with E-state index >= 15 is 0 Å². The van der Waals surface area contributed by atoms with Crippen LogP contribution in [0.4, 0.5) is 0 Å². The molecule has 0 fully saturated rings. The largest absolute Gasteiger partial charge is 0.384 e. The Morgan fingerprint density at radius 1 is 1.53 bits per heavy atom. The number of amides is 1. The van der Waals surface area contributed by atoms with Crippen LogP contribution in [0.3, 0.4) is 0 Å². The van der Waals surface area contributed by atoms with Crippen molar-refractivity contribution in [1.82, 2.24) is 5.32 Å². The molecular weight excluding hydrogens is 282 g/mol. The van der Waals surface area contributed by atoms with Crippen molar-refractivity contribution in [2.45, 2.75) is 20.4 Å². The van der Waals surface area contributed by atoms with Crippen molar-refractivity contribution in [1.29, 1.82) is 0 Å². The van der Waals surface area contributed by atoms with E-state index in [1.54, 1.807) is 7.11 Å². The zero-order valence-corrected chi connectivity index (χ0v) is 12.0. The number of benzene rings is 1. The number of rotatable bonds is 5. The number of hydrogen-bond acceptors (Lipinski definition) is 2. The molecule has 1 rings (SSSR count). The van der Waals surface area contributed by atoms with E-state index in [2.05, 4.69) is 21.2 Å². The Balaban J connectivity index is 2.56. The lowest BCUT2D eigenvalue weighted by atomic mass is 10.1. The number of carbonyl (C=O) groups excluding carboxylic acids is 1. The number of carbonyl (C=O) groups is 1. The quantitative estimate of drug-likeness (QED) is 0.908. The van der Waals surface area contributed by atoms with E-state index in [0.717, 1.165) is 10.0 Å². The predicted molar refractivity (Wildman–Crippen MR) is 71.8 cm³/mol. The van der Waals surface area contributed by atoms with Gasteiger partial charge in [-0.2, -0.15) is 0 Å². The van der Waals surface area contributed by atoms with Crippen molar-refractivity contribution in [3.05, 3.63) is 33.8 Å². The van der Waals surface area contributed by atoms with Gasteiger partial charge in [0.05, 0.1) is 12.5 Å². The molecule has 17 heavy (non-hydrogen) atoms. The first-order chi connectivity index (χ1) is 8.06. The fourth-order valence-corrected chi connectivity index (χ4v) is 1.93. The molecule has 0 bridgehead atoms. The molecule has 0 heterocycles. The molecule has 1 amide bonds. The summed E-state index contributed by atoms with van der Waals surface area (Å²) >= 11 is 3.52. The predicted octanol–water partition coefficient (Wildman–Crippen LogP) is 2.66. The molecule has 0 aliphatic carbocycles. The SMILES string of the molecule is COC[C@H](C)C(=O)NCc1cccc(C)c1Br. The average Bonchev–Trinajstić information content (AvgIpc) is 2.31. The number of aryl methyl sites for hydroxylation is 1. The van der Waals surface area contributed by atoms with E-state index in [9.17, 15) is 4.79 Å². The van der Waals surface area contributed by atoms with Crippen molar-refractivity contribution < 1.29 is 9.53 Å². The van der Waals surface area contributed by atoms with Gasteiger partial charge in [0, 0.05) is 18.1 Å². The van der Waals surface area contributed by atoms with Crippen LogP contribution in [0.25, 0.3) is 0 Å². The fraction of sp³-hybridized carbons (Fsp3) is 0.462. The molecule has 3 nitrogen and oxygen atoms in total. The Bertz CT molecular complexity index is 393. The zero-order valence-electron chi connectivity index (χ0n) is 10.4. The maximum Gasteiger partial charge on any atom is 0.225 e. The third-order valence-electron chi connectivity index (χ3n) is 2.59. The van der Waals surface area contributed by atoms with Gasteiger partial charge in [-0.05, 0) is 18.1 Å². The van der Waals surface area contributed by atoms with Gasteiger partial charge in [-0.25, -0.2) is 0 Å². The molecule has 94 valence electrons. The van der Waals surface area contributed by atoms with E-state index in [1.807, 2.05) is 32.0 Å². The molecule has 0 spiro atoms. The minimum Gasteiger partial charge on any atom is -0.384 e. The molecule has 0 aromatic heterocycles.